The zero-order valence-electron chi connectivity index (χ0n) is 17.5. The maximum Gasteiger partial charge on any atom is 0.287 e. The first-order valence-corrected chi connectivity index (χ1v) is 11.0. The minimum atomic E-state index is -0.191. The molecule has 8 nitrogen and oxygen atoms in total. The first kappa shape index (κ1) is 19.0. The molecule has 5 heterocycles. The van der Waals surface area contributed by atoms with Crippen LogP contribution >= 0.6 is 0 Å². The number of piperidine rings is 1. The number of aromatic nitrogens is 3. The molecule has 4 aromatic heterocycles. The fourth-order valence-electron chi connectivity index (χ4n) is 5.06. The van der Waals surface area contributed by atoms with Crippen molar-refractivity contribution >= 4 is 28.3 Å². The van der Waals surface area contributed by atoms with Crippen LogP contribution in [-0.2, 0) is 0 Å². The van der Waals surface area contributed by atoms with Crippen molar-refractivity contribution in [3.05, 3.63) is 66.4 Å². The maximum atomic E-state index is 13.0. The number of carbonyl (C=O) groups excluding carboxylic acids is 2. The largest absolute Gasteiger partial charge is 0.449 e. The van der Waals surface area contributed by atoms with E-state index in [2.05, 4.69) is 15.4 Å². The number of rotatable bonds is 4. The molecule has 1 aliphatic heterocycles. The van der Waals surface area contributed by atoms with Crippen LogP contribution in [0.4, 0.5) is 0 Å². The van der Waals surface area contributed by atoms with E-state index in [1.54, 1.807) is 29.2 Å². The minimum Gasteiger partial charge on any atom is -0.449 e. The maximum absolute atomic E-state index is 13.0. The van der Waals surface area contributed by atoms with Crippen LogP contribution in [0.2, 0.25) is 0 Å². The van der Waals surface area contributed by atoms with Crippen LogP contribution in [0.25, 0.3) is 16.5 Å². The molecule has 4 aromatic rings. The van der Waals surface area contributed by atoms with E-state index in [9.17, 15) is 9.59 Å². The molecule has 1 spiro atoms. The van der Waals surface area contributed by atoms with E-state index in [1.165, 1.54) is 0 Å². The highest BCUT2D eigenvalue weighted by Crippen LogP contribution is 2.59. The van der Waals surface area contributed by atoms with E-state index in [-0.39, 0.29) is 17.2 Å². The molecule has 1 atom stereocenters. The van der Waals surface area contributed by atoms with Gasteiger partial charge in [-0.15, -0.1) is 0 Å². The average Bonchev–Trinajstić information content (AvgIpc) is 3.17. The molecular weight excluding hydrogens is 406 g/mol. The molecule has 8 heteroatoms. The molecule has 2 amide bonds. The van der Waals surface area contributed by atoms with E-state index in [0.29, 0.717) is 29.4 Å². The van der Waals surface area contributed by atoms with Crippen LogP contribution < -0.4 is 5.32 Å². The van der Waals surface area contributed by atoms with Crippen molar-refractivity contribution in [3.63, 3.8) is 0 Å². The topological polar surface area (TPSA) is 92.7 Å². The van der Waals surface area contributed by atoms with Gasteiger partial charge in [0.25, 0.3) is 11.8 Å². The third-order valence-electron chi connectivity index (χ3n) is 7.12. The van der Waals surface area contributed by atoms with Gasteiger partial charge in [0.2, 0.25) is 0 Å². The Balaban J connectivity index is 1.05. The number of nitrogens with one attached hydrogen (secondary N) is 1. The summed E-state index contributed by atoms with van der Waals surface area (Å²) in [5.74, 6) is 0.623. The summed E-state index contributed by atoms with van der Waals surface area (Å²) in [4.78, 5) is 31.5. The molecule has 2 fully saturated rings. The van der Waals surface area contributed by atoms with Gasteiger partial charge >= 0.3 is 0 Å². The van der Waals surface area contributed by atoms with Crippen molar-refractivity contribution in [3.8, 4) is 0 Å². The lowest BCUT2D eigenvalue weighted by atomic mass is 9.90. The quantitative estimate of drug-likeness (QED) is 0.538. The van der Waals surface area contributed by atoms with Crippen molar-refractivity contribution in [2.45, 2.75) is 19.3 Å². The summed E-state index contributed by atoms with van der Waals surface area (Å²) in [6.45, 7) is 2.12. The number of amides is 2. The van der Waals surface area contributed by atoms with Gasteiger partial charge in [-0.2, -0.15) is 5.10 Å². The Labute approximate surface area is 184 Å². The number of furan rings is 1. The van der Waals surface area contributed by atoms with E-state index >= 15 is 0 Å². The highest BCUT2D eigenvalue weighted by Gasteiger charge is 2.54. The Bertz CT molecular complexity index is 1300. The van der Waals surface area contributed by atoms with Gasteiger partial charge in [0.05, 0.1) is 23.5 Å². The third-order valence-corrected chi connectivity index (χ3v) is 7.12. The van der Waals surface area contributed by atoms with Crippen molar-refractivity contribution < 1.29 is 14.0 Å². The minimum absolute atomic E-state index is 0.0472. The third kappa shape index (κ3) is 3.14. The second-order valence-corrected chi connectivity index (χ2v) is 8.88. The van der Waals surface area contributed by atoms with Gasteiger partial charge in [-0.25, -0.2) is 4.52 Å². The first-order chi connectivity index (χ1) is 15.6. The molecular formula is C24H23N5O3. The molecule has 1 unspecified atom stereocenters. The molecule has 32 heavy (non-hydrogen) atoms. The molecule has 1 aliphatic carbocycles. The fourth-order valence-corrected chi connectivity index (χ4v) is 5.06. The highest BCUT2D eigenvalue weighted by atomic mass is 16.3. The number of nitrogens with zero attached hydrogens (tertiary/aromatic N) is 4. The van der Waals surface area contributed by atoms with E-state index in [1.807, 2.05) is 35.4 Å². The number of pyridine rings is 2. The monoisotopic (exact) mass is 429 g/mol. The van der Waals surface area contributed by atoms with Crippen molar-refractivity contribution in [1.82, 2.24) is 24.8 Å². The molecule has 162 valence electrons. The second-order valence-electron chi connectivity index (χ2n) is 8.88. The van der Waals surface area contributed by atoms with Gasteiger partial charge in [-0.05, 0) is 54.9 Å². The molecule has 1 saturated carbocycles. The summed E-state index contributed by atoms with van der Waals surface area (Å²) in [5, 5.41) is 8.18. The van der Waals surface area contributed by atoms with Gasteiger partial charge in [0.15, 0.2) is 11.3 Å². The Morgan fingerprint density at radius 1 is 1.19 bits per heavy atom. The van der Waals surface area contributed by atoms with Gasteiger partial charge in [0.1, 0.15) is 0 Å². The summed E-state index contributed by atoms with van der Waals surface area (Å²) in [5.41, 5.74) is 2.35. The summed E-state index contributed by atoms with van der Waals surface area (Å²) in [6.07, 6.45) is 9.83. The van der Waals surface area contributed by atoms with Crippen molar-refractivity contribution in [2.75, 3.05) is 19.6 Å². The summed E-state index contributed by atoms with van der Waals surface area (Å²) in [6, 6.07) is 9.32. The second kappa shape index (κ2) is 7.19. The van der Waals surface area contributed by atoms with E-state index in [0.717, 1.165) is 43.3 Å². The summed E-state index contributed by atoms with van der Waals surface area (Å²) >= 11 is 0. The van der Waals surface area contributed by atoms with Crippen molar-refractivity contribution in [1.29, 1.82) is 0 Å². The number of carbonyl (C=O) groups is 2. The molecule has 1 N–H and O–H groups in total. The Morgan fingerprint density at radius 2 is 2.06 bits per heavy atom. The van der Waals surface area contributed by atoms with Gasteiger partial charge in [-0.3, -0.25) is 14.6 Å². The van der Waals surface area contributed by atoms with Crippen LogP contribution in [0.5, 0.6) is 0 Å². The SMILES string of the molecule is O=C(NCC1CC12CCN(C(=O)c1cnn3ccccc13)CC2)c1cc2ccncc2o1. The van der Waals surface area contributed by atoms with Crippen LogP contribution in [-0.4, -0.2) is 50.9 Å². The highest BCUT2D eigenvalue weighted by molar-refractivity contribution is 6.00. The van der Waals surface area contributed by atoms with Crippen LogP contribution in [0.15, 0.2) is 59.5 Å². The molecule has 6 rings (SSSR count). The van der Waals surface area contributed by atoms with Crippen LogP contribution in [0.3, 0.4) is 0 Å². The van der Waals surface area contributed by atoms with Crippen LogP contribution in [0, 0.1) is 11.3 Å². The number of hydrogen-bond acceptors (Lipinski definition) is 5. The number of hydrogen-bond donors (Lipinski definition) is 1. The lowest BCUT2D eigenvalue weighted by molar-refractivity contribution is 0.0670. The van der Waals surface area contributed by atoms with E-state index < -0.39 is 0 Å². The summed E-state index contributed by atoms with van der Waals surface area (Å²) < 4.78 is 7.33. The molecule has 2 aliphatic rings. The standard InChI is InChI=1S/C24H23N5O3/c30-22(20-11-16-4-7-25-15-21(16)32-20)26-13-17-12-24(17)5-9-28(10-6-24)23(31)18-14-27-29-8-2-1-3-19(18)29/h1-4,7-8,11,14-15,17H,5-6,9-10,12-13H2,(H,26,30). The van der Waals surface area contributed by atoms with Crippen molar-refractivity contribution in [2.24, 2.45) is 11.3 Å². The van der Waals surface area contributed by atoms with Gasteiger partial charge in [-0.1, -0.05) is 6.07 Å². The first-order valence-electron chi connectivity index (χ1n) is 11.0. The zero-order valence-corrected chi connectivity index (χ0v) is 17.5. The zero-order chi connectivity index (χ0) is 21.7. The fraction of sp³-hybridized carbons (Fsp3) is 0.333. The smallest absolute Gasteiger partial charge is 0.287 e. The molecule has 0 bridgehead atoms. The average molecular weight is 429 g/mol. The molecule has 0 radical (unpaired) electrons. The molecule has 1 saturated heterocycles. The normalized spacial score (nSPS) is 19.5. The predicted molar refractivity (Wildman–Crippen MR) is 117 cm³/mol. The lowest BCUT2D eigenvalue weighted by Crippen LogP contribution is -2.40. The predicted octanol–water partition coefficient (Wildman–Crippen LogP) is 3.15. The van der Waals surface area contributed by atoms with Crippen LogP contribution in [0.1, 0.15) is 40.2 Å². The summed E-state index contributed by atoms with van der Waals surface area (Å²) in [7, 11) is 0. The Kier molecular flexibility index (Phi) is 4.28. The van der Waals surface area contributed by atoms with Gasteiger partial charge < -0.3 is 14.6 Å². The van der Waals surface area contributed by atoms with Gasteiger partial charge in [0, 0.05) is 37.4 Å². The number of fused-ring (bicyclic) bond motifs is 2. The molecule has 0 aromatic carbocycles. The Hall–Kier alpha value is -3.68. The lowest BCUT2D eigenvalue weighted by Gasteiger charge is -2.33. The van der Waals surface area contributed by atoms with E-state index in [4.69, 9.17) is 4.42 Å². The Morgan fingerprint density at radius 3 is 2.91 bits per heavy atom. The number of likely N-dealkylation sites (tertiary alicyclic amines) is 1.